The first kappa shape index (κ1) is 22.0. The van der Waals surface area contributed by atoms with Gasteiger partial charge in [-0.25, -0.2) is 5.01 Å². The lowest BCUT2D eigenvalue weighted by molar-refractivity contribution is 0.105. The second kappa shape index (κ2) is 10.9. The van der Waals surface area contributed by atoms with Crippen LogP contribution in [0.5, 0.6) is 0 Å². The Morgan fingerprint density at radius 2 is 1.48 bits per heavy atom. The summed E-state index contributed by atoms with van der Waals surface area (Å²) in [5, 5.41) is 6.98. The van der Waals surface area contributed by atoms with Crippen molar-refractivity contribution in [2.75, 3.05) is 68.1 Å². The van der Waals surface area contributed by atoms with Crippen LogP contribution in [-0.4, -0.2) is 104 Å². The molecule has 0 saturated carbocycles. The van der Waals surface area contributed by atoms with E-state index in [2.05, 4.69) is 84.1 Å². The van der Waals surface area contributed by atoms with Gasteiger partial charge in [-0.2, -0.15) is 5.10 Å². The molecule has 0 N–H and O–H groups in total. The van der Waals surface area contributed by atoms with E-state index < -0.39 is 0 Å². The van der Waals surface area contributed by atoms with Gasteiger partial charge in [0.2, 0.25) is 0 Å². The third-order valence-corrected chi connectivity index (χ3v) is 5.32. The van der Waals surface area contributed by atoms with E-state index in [-0.39, 0.29) is 5.50 Å². The van der Waals surface area contributed by atoms with Gasteiger partial charge in [0, 0.05) is 25.7 Å². The molecule has 0 amide bonds. The van der Waals surface area contributed by atoms with Crippen molar-refractivity contribution in [1.29, 1.82) is 0 Å². The van der Waals surface area contributed by atoms with Gasteiger partial charge < -0.3 is 14.7 Å². The van der Waals surface area contributed by atoms with Crippen LogP contribution in [0.3, 0.4) is 0 Å². The molecule has 0 fully saturated rings. The van der Waals surface area contributed by atoms with Crippen molar-refractivity contribution in [3.63, 3.8) is 0 Å². The topological polar surface area (TPSA) is 28.6 Å². The van der Waals surface area contributed by atoms with E-state index in [1.807, 2.05) is 6.07 Å². The lowest BCUT2D eigenvalue weighted by Crippen LogP contribution is -2.42. The normalized spacial score (nSPS) is 17.5. The van der Waals surface area contributed by atoms with E-state index in [4.69, 9.17) is 17.7 Å². The summed E-state index contributed by atoms with van der Waals surface area (Å²) in [6, 6.07) is 10.3. The van der Waals surface area contributed by atoms with Crippen molar-refractivity contribution in [2.45, 2.75) is 18.3 Å². The van der Waals surface area contributed by atoms with Crippen molar-refractivity contribution in [3.8, 4) is 0 Å². The first-order valence-corrected chi connectivity index (χ1v) is 10.2. The highest BCUT2D eigenvalue weighted by Crippen LogP contribution is 2.22. The molecular weight excluding hydrogens is 356 g/mol. The Kier molecular flexibility index (Phi) is 8.89. The molecule has 27 heavy (non-hydrogen) atoms. The number of benzene rings is 1. The standard InChI is InChI=1S/C20H36N6S/c1-22(2)13-9-15-25(16-10-14-23(3)4)17-26-20(27)24(5)19(21-26)18-11-7-6-8-12-18/h6-8,11-12,20,27H,9-10,13-17H2,1-5H3. The molecule has 0 saturated heterocycles. The molecule has 0 aromatic heterocycles. The molecule has 0 radical (unpaired) electrons. The second-order valence-corrected chi connectivity index (χ2v) is 8.22. The highest BCUT2D eigenvalue weighted by molar-refractivity contribution is 7.80. The van der Waals surface area contributed by atoms with Gasteiger partial charge in [0.1, 0.15) is 0 Å². The average Bonchev–Trinajstić information content (AvgIpc) is 2.90. The average molecular weight is 393 g/mol. The van der Waals surface area contributed by atoms with Gasteiger partial charge in [-0.1, -0.05) is 30.3 Å². The van der Waals surface area contributed by atoms with Gasteiger partial charge in [-0.3, -0.25) is 4.90 Å². The lowest BCUT2D eigenvalue weighted by atomic mass is 10.2. The summed E-state index contributed by atoms with van der Waals surface area (Å²) >= 11 is 4.81. The number of hydrazone groups is 1. The van der Waals surface area contributed by atoms with Crippen molar-refractivity contribution >= 4 is 18.5 Å². The summed E-state index contributed by atoms with van der Waals surface area (Å²) in [5.41, 5.74) is 1.10. The molecule has 1 aliphatic rings. The Morgan fingerprint density at radius 3 is 2.00 bits per heavy atom. The number of hydrogen-bond donors (Lipinski definition) is 1. The summed E-state index contributed by atoms with van der Waals surface area (Å²) < 4.78 is 0. The van der Waals surface area contributed by atoms with E-state index in [9.17, 15) is 0 Å². The Balaban J connectivity index is 2.01. The molecule has 1 aliphatic heterocycles. The third kappa shape index (κ3) is 6.99. The van der Waals surface area contributed by atoms with E-state index in [0.717, 1.165) is 57.1 Å². The molecule has 0 aliphatic carbocycles. The Hall–Kier alpha value is -1.28. The summed E-state index contributed by atoms with van der Waals surface area (Å²) in [7, 11) is 10.6. The molecule has 1 aromatic carbocycles. The van der Waals surface area contributed by atoms with Crippen LogP contribution in [-0.2, 0) is 0 Å². The highest BCUT2D eigenvalue weighted by Gasteiger charge is 2.30. The quantitative estimate of drug-likeness (QED) is 0.582. The SMILES string of the molecule is CN(C)CCCN(CCCN(C)C)CN1N=C(c2ccccc2)N(C)C1S. The third-order valence-electron chi connectivity index (χ3n) is 4.71. The van der Waals surface area contributed by atoms with Gasteiger partial charge in [-0.05, 0) is 54.1 Å². The molecule has 2 rings (SSSR count). The van der Waals surface area contributed by atoms with Crippen LogP contribution in [0.15, 0.2) is 35.4 Å². The minimum atomic E-state index is -0.0367. The minimum absolute atomic E-state index is 0.0367. The van der Waals surface area contributed by atoms with Crippen molar-refractivity contribution in [2.24, 2.45) is 5.10 Å². The zero-order chi connectivity index (χ0) is 19.8. The molecular formula is C20H36N6S. The first-order chi connectivity index (χ1) is 12.9. The van der Waals surface area contributed by atoms with Gasteiger partial charge in [0.25, 0.3) is 0 Å². The predicted molar refractivity (Wildman–Crippen MR) is 118 cm³/mol. The number of nitrogens with zero attached hydrogens (tertiary/aromatic N) is 6. The van der Waals surface area contributed by atoms with E-state index >= 15 is 0 Å². The first-order valence-electron chi connectivity index (χ1n) is 9.72. The van der Waals surface area contributed by atoms with Crippen LogP contribution >= 0.6 is 12.6 Å². The van der Waals surface area contributed by atoms with Crippen LogP contribution in [0.1, 0.15) is 18.4 Å². The summed E-state index contributed by atoms with van der Waals surface area (Å²) in [5.74, 6) is 0.983. The van der Waals surface area contributed by atoms with Gasteiger partial charge in [0.15, 0.2) is 11.3 Å². The molecule has 1 unspecified atom stereocenters. The molecule has 1 heterocycles. The number of thiol groups is 1. The second-order valence-electron chi connectivity index (χ2n) is 7.76. The van der Waals surface area contributed by atoms with Crippen molar-refractivity contribution in [1.82, 2.24) is 24.6 Å². The highest BCUT2D eigenvalue weighted by atomic mass is 32.1. The predicted octanol–water partition coefficient (Wildman–Crippen LogP) is 1.97. The zero-order valence-corrected chi connectivity index (χ0v) is 18.4. The van der Waals surface area contributed by atoms with Crippen LogP contribution in [0.4, 0.5) is 0 Å². The Morgan fingerprint density at radius 1 is 0.926 bits per heavy atom. The van der Waals surface area contributed by atoms with Gasteiger partial charge in [-0.15, -0.1) is 12.6 Å². The molecule has 7 heteroatoms. The van der Waals surface area contributed by atoms with E-state index in [1.54, 1.807) is 0 Å². The fraction of sp³-hybridized carbons (Fsp3) is 0.650. The number of rotatable bonds is 11. The summed E-state index contributed by atoms with van der Waals surface area (Å²) in [4.78, 5) is 9.13. The molecule has 1 aromatic rings. The number of hydrogen-bond acceptors (Lipinski definition) is 7. The molecule has 0 bridgehead atoms. The number of amidine groups is 1. The molecule has 152 valence electrons. The molecule has 1 atom stereocenters. The maximum absolute atomic E-state index is 4.88. The maximum atomic E-state index is 4.88. The van der Waals surface area contributed by atoms with Crippen LogP contribution in [0, 0.1) is 0 Å². The van der Waals surface area contributed by atoms with Crippen LogP contribution in [0.25, 0.3) is 0 Å². The van der Waals surface area contributed by atoms with Gasteiger partial charge >= 0.3 is 0 Å². The zero-order valence-electron chi connectivity index (χ0n) is 17.5. The Labute approximate surface area is 170 Å². The molecule has 0 spiro atoms. The van der Waals surface area contributed by atoms with Crippen LogP contribution < -0.4 is 0 Å². The van der Waals surface area contributed by atoms with E-state index in [1.165, 1.54) is 0 Å². The maximum Gasteiger partial charge on any atom is 0.166 e. The minimum Gasteiger partial charge on any atom is -0.328 e. The monoisotopic (exact) mass is 392 g/mol. The largest absolute Gasteiger partial charge is 0.328 e. The molecule has 6 nitrogen and oxygen atoms in total. The lowest BCUT2D eigenvalue weighted by Gasteiger charge is -2.31. The van der Waals surface area contributed by atoms with Crippen molar-refractivity contribution < 1.29 is 0 Å². The fourth-order valence-electron chi connectivity index (χ4n) is 3.19. The smallest absolute Gasteiger partial charge is 0.166 e. The van der Waals surface area contributed by atoms with Crippen molar-refractivity contribution in [3.05, 3.63) is 35.9 Å². The van der Waals surface area contributed by atoms with Crippen LogP contribution in [0.2, 0.25) is 0 Å². The summed E-state index contributed by atoms with van der Waals surface area (Å²) in [6.45, 7) is 5.15. The van der Waals surface area contributed by atoms with Gasteiger partial charge in [0.05, 0.1) is 6.67 Å². The summed E-state index contributed by atoms with van der Waals surface area (Å²) in [6.07, 6.45) is 2.32. The fourth-order valence-corrected chi connectivity index (χ4v) is 3.42. The Bertz CT molecular complexity index is 563. The van der Waals surface area contributed by atoms with E-state index in [0.29, 0.717) is 0 Å².